The maximum Gasteiger partial charge on any atom is 0.481 e. The fourth-order valence-corrected chi connectivity index (χ4v) is 11.4. The molecule has 3 unspecified atom stereocenters. The number of hydrogen-bond acceptors (Lipinski definition) is 15. The largest absolute Gasteiger partial charge is 0.481 e. The molecule has 0 aliphatic carbocycles. The Kier molecular flexibility index (Phi) is 38.3. The van der Waals surface area contributed by atoms with Crippen LogP contribution < -0.4 is 11.4 Å². The first-order valence-corrected chi connectivity index (χ1v) is 32.3. The van der Waals surface area contributed by atoms with Gasteiger partial charge in [-0.1, -0.05) is 227 Å². The molecule has 1 fully saturated rings. The molecule has 0 spiro atoms. The maximum atomic E-state index is 12.9. The van der Waals surface area contributed by atoms with Gasteiger partial charge in [0, 0.05) is 19.0 Å². The number of aromatic nitrogens is 2. The zero-order valence-corrected chi connectivity index (χ0v) is 48.5. The predicted molar refractivity (Wildman–Crippen MR) is 294 cm³/mol. The Hall–Kier alpha value is -2.24. The Morgan fingerprint density at radius 1 is 0.600 bits per heavy atom. The molecule has 1 aromatic heterocycles. The second-order valence-electron chi connectivity index (χ2n) is 21.8. The van der Waals surface area contributed by atoms with Crippen LogP contribution in [0.1, 0.15) is 259 Å². The number of hydrogen-bond donors (Lipinski definition) is 5. The standard InChI is InChI=1S/C55H103N3O15P2/c1-45(2)36-32-28-24-20-16-12-9-7-5-6-8-10-14-18-22-26-30-34-38-50(59)68-42-47(71-51(60)39-35-31-27-23-19-15-11-13-17-21-25-29-33-37-46(3)4)43-69-74(64,65)73-75(66,67)70-44-48-52(61)53(62)54(72-48)58-41-40-49(56)57-55(58)63/h40-41,45-48,52-54,61-62H,5-39,42-44H2,1-4H3,(H,64,65)(H,66,67)(H2,56,57,63)/t47-,48-,52+,53?,54-/m1/s1. The van der Waals surface area contributed by atoms with E-state index >= 15 is 0 Å². The van der Waals surface area contributed by atoms with E-state index in [2.05, 4.69) is 37.0 Å². The number of carbonyl (C=O) groups excluding carboxylic acids is 2. The van der Waals surface area contributed by atoms with Crippen molar-refractivity contribution in [3.05, 3.63) is 22.7 Å². The van der Waals surface area contributed by atoms with Crippen LogP contribution in [0.15, 0.2) is 17.1 Å². The third-order valence-corrected chi connectivity index (χ3v) is 16.4. The molecule has 2 rings (SSSR count). The van der Waals surface area contributed by atoms with Gasteiger partial charge in [-0.15, -0.1) is 0 Å². The summed E-state index contributed by atoms with van der Waals surface area (Å²) in [5.74, 6) is 0.336. The van der Waals surface area contributed by atoms with Crippen molar-refractivity contribution in [3.63, 3.8) is 0 Å². The number of nitrogen functional groups attached to an aromatic ring is 1. The van der Waals surface area contributed by atoms with Crippen molar-refractivity contribution in [2.75, 3.05) is 25.6 Å². The van der Waals surface area contributed by atoms with Crippen molar-refractivity contribution < 1.29 is 66.3 Å². The number of carbonyl (C=O) groups is 2. The summed E-state index contributed by atoms with van der Waals surface area (Å²) >= 11 is 0. The lowest BCUT2D eigenvalue weighted by Crippen LogP contribution is -2.36. The molecule has 75 heavy (non-hydrogen) atoms. The van der Waals surface area contributed by atoms with Crippen molar-refractivity contribution >= 4 is 33.4 Å². The summed E-state index contributed by atoms with van der Waals surface area (Å²) in [4.78, 5) is 62.2. The molecule has 1 aromatic rings. The summed E-state index contributed by atoms with van der Waals surface area (Å²) in [6.07, 6.45) is 33.2. The molecule has 438 valence electrons. The zero-order chi connectivity index (χ0) is 55.2. The van der Waals surface area contributed by atoms with Crippen LogP contribution in [0.2, 0.25) is 0 Å². The number of aliphatic hydroxyl groups excluding tert-OH is 2. The quantitative estimate of drug-likeness (QED) is 0.0231. The second kappa shape index (κ2) is 41.8. The zero-order valence-electron chi connectivity index (χ0n) is 46.7. The van der Waals surface area contributed by atoms with E-state index in [9.17, 15) is 43.5 Å². The van der Waals surface area contributed by atoms with Crippen LogP contribution in [0.3, 0.4) is 0 Å². The molecule has 0 radical (unpaired) electrons. The number of aliphatic hydroxyl groups is 2. The second-order valence-corrected chi connectivity index (χ2v) is 24.9. The lowest BCUT2D eigenvalue weighted by atomic mass is 10.0. The first kappa shape index (κ1) is 68.9. The van der Waals surface area contributed by atoms with Crippen LogP contribution in [0.25, 0.3) is 0 Å². The van der Waals surface area contributed by atoms with Crippen LogP contribution in [0, 0.1) is 11.8 Å². The maximum absolute atomic E-state index is 12.9. The highest BCUT2D eigenvalue weighted by Gasteiger charge is 2.46. The minimum atomic E-state index is -5.42. The first-order chi connectivity index (χ1) is 35.9. The van der Waals surface area contributed by atoms with Crippen molar-refractivity contribution in [1.82, 2.24) is 9.55 Å². The molecule has 2 heterocycles. The Morgan fingerprint density at radius 3 is 1.40 bits per heavy atom. The third-order valence-electron chi connectivity index (χ3n) is 13.8. The molecule has 6 N–H and O–H groups in total. The fourth-order valence-electron chi connectivity index (χ4n) is 9.27. The monoisotopic (exact) mass is 1110 g/mol. The summed E-state index contributed by atoms with van der Waals surface area (Å²) in [7, 11) is -10.8. The third kappa shape index (κ3) is 35.8. The van der Waals surface area contributed by atoms with Gasteiger partial charge in [-0.3, -0.25) is 23.2 Å². The van der Waals surface area contributed by atoms with E-state index < -0.39 is 83.7 Å². The topological polar surface area (TPSA) is 265 Å². The normalized spacial score (nSPS) is 18.9. The lowest BCUT2D eigenvalue weighted by Gasteiger charge is -2.21. The van der Waals surface area contributed by atoms with Crippen LogP contribution in [0.4, 0.5) is 5.82 Å². The average molecular weight is 1110 g/mol. The summed E-state index contributed by atoms with van der Waals surface area (Å²) in [5, 5.41) is 21.0. The number of phosphoric ester groups is 2. The van der Waals surface area contributed by atoms with Gasteiger partial charge >= 0.3 is 33.3 Å². The van der Waals surface area contributed by atoms with Crippen LogP contribution in [-0.2, 0) is 46.3 Å². The predicted octanol–water partition coefficient (Wildman–Crippen LogP) is 13.1. The number of esters is 2. The molecular weight excluding hydrogens is 1000 g/mol. The highest BCUT2D eigenvalue weighted by molar-refractivity contribution is 7.61. The number of phosphoric acid groups is 2. The van der Waals surface area contributed by atoms with E-state index in [0.29, 0.717) is 12.8 Å². The molecule has 1 aliphatic rings. The smallest absolute Gasteiger partial charge is 0.462 e. The van der Waals surface area contributed by atoms with Gasteiger partial charge in [0.25, 0.3) is 0 Å². The van der Waals surface area contributed by atoms with E-state index in [-0.39, 0.29) is 18.7 Å². The number of rotatable bonds is 49. The van der Waals surface area contributed by atoms with Crippen molar-refractivity contribution in [2.45, 2.75) is 283 Å². The number of unbranched alkanes of at least 4 members (excludes halogenated alkanes) is 29. The minimum absolute atomic E-state index is 0.0573. The number of nitrogens with two attached hydrogens (primary N) is 1. The number of ether oxygens (including phenoxy) is 3. The summed E-state index contributed by atoms with van der Waals surface area (Å²) in [6.45, 7) is 6.88. The number of anilines is 1. The minimum Gasteiger partial charge on any atom is -0.462 e. The van der Waals surface area contributed by atoms with E-state index in [0.717, 1.165) is 61.3 Å². The van der Waals surface area contributed by atoms with E-state index in [1.807, 2.05) is 0 Å². The molecule has 18 nitrogen and oxygen atoms in total. The lowest BCUT2D eigenvalue weighted by molar-refractivity contribution is -0.161. The van der Waals surface area contributed by atoms with E-state index in [4.69, 9.17) is 29.0 Å². The summed E-state index contributed by atoms with van der Waals surface area (Å²) < 4.78 is 57.0. The highest BCUT2D eigenvalue weighted by atomic mass is 31.3. The molecule has 0 aromatic carbocycles. The highest BCUT2D eigenvalue weighted by Crippen LogP contribution is 2.60. The van der Waals surface area contributed by atoms with Gasteiger partial charge in [0.1, 0.15) is 30.7 Å². The van der Waals surface area contributed by atoms with Gasteiger partial charge in [0.2, 0.25) is 0 Å². The average Bonchev–Trinajstić information content (AvgIpc) is 3.62. The van der Waals surface area contributed by atoms with Gasteiger partial charge < -0.3 is 39.9 Å². The molecule has 0 amide bonds. The molecule has 0 saturated carbocycles. The molecule has 20 heteroatoms. The van der Waals surface area contributed by atoms with Crippen LogP contribution >= 0.6 is 15.6 Å². The summed E-state index contributed by atoms with van der Waals surface area (Å²) in [5.41, 5.74) is 4.61. The van der Waals surface area contributed by atoms with Crippen molar-refractivity contribution in [2.24, 2.45) is 11.8 Å². The van der Waals surface area contributed by atoms with E-state index in [1.165, 1.54) is 166 Å². The Bertz CT molecular complexity index is 1790. The fraction of sp³-hybridized carbons (Fsp3) is 0.891. The van der Waals surface area contributed by atoms with Crippen LogP contribution in [-0.4, -0.2) is 85.7 Å². The molecule has 7 atom stereocenters. The van der Waals surface area contributed by atoms with Gasteiger partial charge in [0.15, 0.2) is 12.3 Å². The number of nitrogens with zero attached hydrogens (tertiary/aromatic N) is 2. The van der Waals surface area contributed by atoms with Gasteiger partial charge in [0.05, 0.1) is 13.2 Å². The van der Waals surface area contributed by atoms with Gasteiger partial charge in [-0.2, -0.15) is 9.29 Å². The van der Waals surface area contributed by atoms with Crippen molar-refractivity contribution in [1.29, 1.82) is 0 Å². The Labute approximate surface area is 450 Å². The van der Waals surface area contributed by atoms with Gasteiger partial charge in [-0.05, 0) is 30.7 Å². The first-order valence-electron chi connectivity index (χ1n) is 29.3. The SMILES string of the molecule is CC(C)CCCCCCCCCCCCCCCCCCCCC(=O)OC[C@H](COP(=O)(O)OP(=O)(O)OC[C@H]1O[C@@H](n2ccc(N)nc2=O)C(O)[C@H]1O)OC(=O)CCCCCCCCCCCCCCCC(C)C. The molecule has 1 aliphatic heterocycles. The molecule has 0 bridgehead atoms. The van der Waals surface area contributed by atoms with Gasteiger partial charge in [-0.25, -0.2) is 13.9 Å². The molecule has 1 saturated heterocycles. The van der Waals surface area contributed by atoms with Crippen molar-refractivity contribution in [3.8, 4) is 0 Å². The van der Waals surface area contributed by atoms with Crippen LogP contribution in [0.5, 0.6) is 0 Å². The molecular formula is C55H103N3O15P2. The van der Waals surface area contributed by atoms with E-state index in [1.54, 1.807) is 0 Å². The Morgan fingerprint density at radius 2 is 0.987 bits per heavy atom. The summed E-state index contributed by atoms with van der Waals surface area (Å²) in [6, 6.07) is 1.25. The Balaban J connectivity index is 1.72.